The second kappa shape index (κ2) is 3.66. The summed E-state index contributed by atoms with van der Waals surface area (Å²) in [5.41, 5.74) is 0.0341. The lowest BCUT2D eigenvalue weighted by atomic mass is 10.3. The summed E-state index contributed by atoms with van der Waals surface area (Å²) in [4.78, 5) is 11.1. The largest absolute Gasteiger partial charge is 0.352 e. The third kappa shape index (κ3) is 1.69. The fraction of sp³-hybridized carbons (Fsp3) is 0.286. The molecule has 0 saturated carbocycles. The van der Waals surface area contributed by atoms with Crippen molar-refractivity contribution < 1.29 is 9.90 Å². The molecule has 0 fully saturated rings. The average molecular weight is 166 g/mol. The molecule has 0 saturated heterocycles. The van der Waals surface area contributed by atoms with Gasteiger partial charge in [-0.2, -0.15) is 5.10 Å². The topological polar surface area (TPSA) is 74.8 Å². The summed E-state index contributed by atoms with van der Waals surface area (Å²) in [6.07, 6.45) is 1.31. The lowest BCUT2D eigenvalue weighted by Gasteiger charge is -1.99. The normalized spacial score (nSPS) is 9.42. The number of hydrogen-bond donors (Lipinski definition) is 1. The first-order valence-corrected chi connectivity index (χ1v) is 3.52. The van der Waals surface area contributed by atoms with Gasteiger partial charge in [-0.3, -0.25) is 9.90 Å². The van der Waals surface area contributed by atoms with Crippen molar-refractivity contribution in [2.24, 2.45) is 0 Å². The Kier molecular flexibility index (Phi) is 2.57. The van der Waals surface area contributed by atoms with Crippen LogP contribution < -0.4 is 5.32 Å². The smallest absolute Gasteiger partial charge is 0.301 e. The standard InChI is InChI=1S/C7H8N3O2/c1-2-8-6(11)5-3-4-9-10-7(5)12/h3-4H,2H2,1H3,(H,8,11). The van der Waals surface area contributed by atoms with E-state index in [1.165, 1.54) is 12.3 Å². The van der Waals surface area contributed by atoms with Crippen LogP contribution in [0.4, 0.5) is 0 Å². The van der Waals surface area contributed by atoms with Gasteiger partial charge in [0.25, 0.3) is 5.91 Å². The van der Waals surface area contributed by atoms with Crippen molar-refractivity contribution in [3.63, 3.8) is 0 Å². The molecule has 5 nitrogen and oxygen atoms in total. The molecule has 1 rings (SSSR count). The van der Waals surface area contributed by atoms with Crippen LogP contribution in [0.5, 0.6) is 5.88 Å². The lowest BCUT2D eigenvalue weighted by Crippen LogP contribution is -2.22. The molecular weight excluding hydrogens is 158 g/mol. The van der Waals surface area contributed by atoms with E-state index in [4.69, 9.17) is 0 Å². The average Bonchev–Trinajstić information content (AvgIpc) is 2.05. The second-order valence-corrected chi connectivity index (χ2v) is 2.11. The van der Waals surface area contributed by atoms with Crippen molar-refractivity contribution >= 4 is 5.91 Å². The highest BCUT2D eigenvalue weighted by Gasteiger charge is 2.11. The number of aromatic nitrogens is 2. The summed E-state index contributed by atoms with van der Waals surface area (Å²) in [6.45, 7) is 2.26. The SMILES string of the molecule is CCNC(=O)c1ccnnc1[O]. The van der Waals surface area contributed by atoms with E-state index >= 15 is 0 Å². The van der Waals surface area contributed by atoms with E-state index in [1.54, 1.807) is 6.92 Å². The minimum Gasteiger partial charge on any atom is -0.352 e. The maximum Gasteiger partial charge on any atom is 0.301 e. The molecule has 0 aromatic carbocycles. The Morgan fingerprint density at radius 1 is 1.67 bits per heavy atom. The first kappa shape index (κ1) is 8.45. The van der Waals surface area contributed by atoms with E-state index in [0.717, 1.165) is 0 Å². The first-order valence-electron chi connectivity index (χ1n) is 3.52. The van der Waals surface area contributed by atoms with Crippen LogP contribution in [-0.4, -0.2) is 22.6 Å². The number of hydrogen-bond acceptors (Lipinski definition) is 3. The molecule has 0 aliphatic rings. The summed E-state index contributed by atoms with van der Waals surface area (Å²) in [5.74, 6) is -0.999. The van der Waals surface area contributed by atoms with Crippen LogP contribution in [0.1, 0.15) is 17.3 Å². The predicted molar refractivity (Wildman–Crippen MR) is 40.2 cm³/mol. The van der Waals surface area contributed by atoms with Crippen LogP contribution in [0.15, 0.2) is 12.3 Å². The number of rotatable bonds is 2. The molecule has 12 heavy (non-hydrogen) atoms. The summed E-state index contributed by atoms with van der Waals surface area (Å²) >= 11 is 0. The minimum atomic E-state index is -0.594. The number of carbonyl (C=O) groups is 1. The van der Waals surface area contributed by atoms with Gasteiger partial charge in [-0.25, -0.2) is 0 Å². The van der Waals surface area contributed by atoms with Gasteiger partial charge < -0.3 is 5.32 Å². The van der Waals surface area contributed by atoms with Gasteiger partial charge in [-0.15, -0.1) is 5.10 Å². The van der Waals surface area contributed by atoms with Gasteiger partial charge in [0.2, 0.25) is 0 Å². The Morgan fingerprint density at radius 2 is 2.42 bits per heavy atom. The first-order chi connectivity index (χ1) is 5.75. The molecule has 0 aliphatic heterocycles. The molecule has 1 radical (unpaired) electrons. The molecular formula is C7H8N3O2. The summed E-state index contributed by atoms with van der Waals surface area (Å²) in [7, 11) is 0. The third-order valence-electron chi connectivity index (χ3n) is 1.27. The van der Waals surface area contributed by atoms with Crippen LogP contribution in [0.2, 0.25) is 0 Å². The Hall–Kier alpha value is -1.65. The number of nitrogens with one attached hydrogen (secondary N) is 1. The molecule has 1 N–H and O–H groups in total. The van der Waals surface area contributed by atoms with Gasteiger partial charge in [0, 0.05) is 6.54 Å². The highest BCUT2D eigenvalue weighted by atomic mass is 16.3. The van der Waals surface area contributed by atoms with E-state index < -0.39 is 11.8 Å². The number of amides is 1. The minimum absolute atomic E-state index is 0.0341. The molecule has 63 valence electrons. The van der Waals surface area contributed by atoms with Crippen molar-refractivity contribution in [3.8, 4) is 5.88 Å². The predicted octanol–water partition coefficient (Wildman–Crippen LogP) is 0.370. The molecule has 1 aromatic rings. The van der Waals surface area contributed by atoms with Gasteiger partial charge in [0.05, 0.1) is 6.20 Å². The van der Waals surface area contributed by atoms with Crippen molar-refractivity contribution in [1.82, 2.24) is 15.5 Å². The van der Waals surface area contributed by atoms with Crippen molar-refractivity contribution in [2.45, 2.75) is 6.92 Å². The van der Waals surface area contributed by atoms with Gasteiger partial charge in [0.15, 0.2) is 0 Å². The maximum absolute atomic E-state index is 11.1. The zero-order valence-corrected chi connectivity index (χ0v) is 6.57. The Morgan fingerprint density at radius 3 is 3.00 bits per heavy atom. The molecule has 0 spiro atoms. The summed E-state index contributed by atoms with van der Waals surface area (Å²) < 4.78 is 0. The molecule has 1 aromatic heterocycles. The van der Waals surface area contributed by atoms with Gasteiger partial charge >= 0.3 is 5.88 Å². The fourth-order valence-corrected chi connectivity index (χ4v) is 0.747. The Balaban J connectivity index is 2.87. The van der Waals surface area contributed by atoms with Gasteiger partial charge in [-0.1, -0.05) is 0 Å². The van der Waals surface area contributed by atoms with Crippen LogP contribution in [0.25, 0.3) is 0 Å². The molecule has 0 bridgehead atoms. The number of carbonyl (C=O) groups excluding carboxylic acids is 1. The van der Waals surface area contributed by atoms with Gasteiger partial charge in [-0.05, 0) is 13.0 Å². The van der Waals surface area contributed by atoms with Crippen molar-refractivity contribution in [2.75, 3.05) is 6.54 Å². The van der Waals surface area contributed by atoms with Gasteiger partial charge in [0.1, 0.15) is 5.56 Å². The van der Waals surface area contributed by atoms with E-state index in [-0.39, 0.29) is 5.56 Å². The van der Waals surface area contributed by atoms with Crippen LogP contribution in [-0.2, 0) is 5.11 Å². The zero-order chi connectivity index (χ0) is 8.97. The van der Waals surface area contributed by atoms with Crippen molar-refractivity contribution in [3.05, 3.63) is 17.8 Å². The summed E-state index contributed by atoms with van der Waals surface area (Å²) in [6, 6.07) is 1.35. The van der Waals surface area contributed by atoms with Crippen LogP contribution >= 0.6 is 0 Å². The van der Waals surface area contributed by atoms with E-state index in [0.29, 0.717) is 6.54 Å². The van der Waals surface area contributed by atoms with E-state index in [1.807, 2.05) is 0 Å². The third-order valence-corrected chi connectivity index (χ3v) is 1.27. The van der Waals surface area contributed by atoms with E-state index in [9.17, 15) is 9.90 Å². The molecule has 0 unspecified atom stereocenters. The highest BCUT2D eigenvalue weighted by molar-refractivity contribution is 5.95. The fourth-order valence-electron chi connectivity index (χ4n) is 0.747. The summed E-state index contributed by atoms with van der Waals surface area (Å²) in [5, 5.41) is 20.0. The number of nitrogens with zero attached hydrogens (tertiary/aromatic N) is 2. The Labute approximate surface area is 69.4 Å². The van der Waals surface area contributed by atoms with Crippen LogP contribution in [0.3, 0.4) is 0 Å². The van der Waals surface area contributed by atoms with Crippen LogP contribution in [0, 0.1) is 0 Å². The van der Waals surface area contributed by atoms with E-state index in [2.05, 4.69) is 15.5 Å². The molecule has 1 heterocycles. The molecule has 0 aliphatic carbocycles. The molecule has 5 heteroatoms. The zero-order valence-electron chi connectivity index (χ0n) is 6.57. The molecule has 1 amide bonds. The lowest BCUT2D eigenvalue weighted by molar-refractivity contribution is 0.0950. The highest BCUT2D eigenvalue weighted by Crippen LogP contribution is 2.10. The quantitative estimate of drug-likeness (QED) is 0.689. The monoisotopic (exact) mass is 166 g/mol. The van der Waals surface area contributed by atoms with Crippen molar-refractivity contribution in [1.29, 1.82) is 0 Å². The maximum atomic E-state index is 11.1. The Bertz CT molecular complexity index is 288. The molecule has 0 atom stereocenters. The second-order valence-electron chi connectivity index (χ2n) is 2.11.